The minimum Gasteiger partial charge on any atom is -0.257 e. The first kappa shape index (κ1) is 15.2. The van der Waals surface area contributed by atoms with Crippen LogP contribution in [0, 0.1) is 11.3 Å². The van der Waals surface area contributed by atoms with Crippen molar-refractivity contribution < 1.29 is 0 Å². The van der Waals surface area contributed by atoms with Gasteiger partial charge in [0.05, 0.1) is 39.3 Å². The lowest BCUT2D eigenvalue weighted by atomic mass is 10.2. The summed E-state index contributed by atoms with van der Waals surface area (Å²) in [6.45, 7) is 0. The Kier molecular flexibility index (Phi) is 4.38. The van der Waals surface area contributed by atoms with Crippen LogP contribution >= 0.6 is 23.2 Å². The van der Waals surface area contributed by atoms with E-state index in [1.54, 1.807) is 59.6 Å². The monoisotopic (exact) mass is 341 g/mol. The lowest BCUT2D eigenvalue weighted by Gasteiger charge is -2.03. The Balaban J connectivity index is 1.86. The lowest BCUT2D eigenvalue weighted by Crippen LogP contribution is -1.95. The molecular formula is C16H9Cl2N5. The van der Waals surface area contributed by atoms with E-state index in [9.17, 15) is 0 Å². The van der Waals surface area contributed by atoms with Crippen LogP contribution < -0.4 is 0 Å². The number of aromatic nitrogens is 4. The van der Waals surface area contributed by atoms with E-state index in [2.05, 4.69) is 21.4 Å². The fourth-order valence-electron chi connectivity index (χ4n) is 1.92. The van der Waals surface area contributed by atoms with E-state index in [4.69, 9.17) is 28.5 Å². The second-order valence-electron chi connectivity index (χ2n) is 4.58. The summed E-state index contributed by atoms with van der Waals surface area (Å²) < 4.78 is 1.55. The normalized spacial score (nSPS) is 10.8. The third kappa shape index (κ3) is 3.39. The van der Waals surface area contributed by atoms with Crippen LogP contribution in [0.2, 0.25) is 10.0 Å². The van der Waals surface area contributed by atoms with Crippen LogP contribution in [-0.2, 0) is 0 Å². The van der Waals surface area contributed by atoms with Crippen LogP contribution in [-0.4, -0.2) is 20.0 Å². The van der Waals surface area contributed by atoms with Gasteiger partial charge in [-0.05, 0) is 36.4 Å². The molecule has 1 aromatic carbocycles. The zero-order valence-electron chi connectivity index (χ0n) is 11.7. The molecule has 0 radical (unpaired) electrons. The van der Waals surface area contributed by atoms with Crippen LogP contribution in [0.5, 0.6) is 0 Å². The second kappa shape index (κ2) is 6.61. The van der Waals surface area contributed by atoms with Crippen molar-refractivity contribution in [1.29, 1.82) is 5.26 Å². The van der Waals surface area contributed by atoms with E-state index >= 15 is 0 Å². The van der Waals surface area contributed by atoms with Gasteiger partial charge < -0.3 is 0 Å². The van der Waals surface area contributed by atoms with Crippen LogP contribution in [0.1, 0.15) is 17.0 Å². The largest absolute Gasteiger partial charge is 0.257 e. The number of rotatable bonds is 3. The predicted octanol–water partition coefficient (Wildman–Crippen LogP) is 4.01. The Morgan fingerprint density at radius 3 is 2.78 bits per heavy atom. The Labute approximate surface area is 142 Å². The van der Waals surface area contributed by atoms with Gasteiger partial charge in [-0.15, -0.1) is 5.10 Å². The fraction of sp³-hybridized carbons (Fsp3) is 0. The van der Waals surface area contributed by atoms with E-state index < -0.39 is 0 Å². The first-order valence-electron chi connectivity index (χ1n) is 6.58. The van der Waals surface area contributed by atoms with Crippen molar-refractivity contribution in [2.45, 2.75) is 0 Å². The van der Waals surface area contributed by atoms with Crippen LogP contribution in [0.25, 0.3) is 17.8 Å². The van der Waals surface area contributed by atoms with Crippen molar-refractivity contribution in [2.24, 2.45) is 0 Å². The highest BCUT2D eigenvalue weighted by molar-refractivity contribution is 6.43. The van der Waals surface area contributed by atoms with E-state index in [-0.39, 0.29) is 0 Å². The smallest absolute Gasteiger partial charge is 0.106 e. The summed E-state index contributed by atoms with van der Waals surface area (Å²) in [6, 6.07) is 10.7. The molecule has 0 aliphatic rings. The molecule has 3 rings (SSSR count). The van der Waals surface area contributed by atoms with Crippen molar-refractivity contribution in [3.05, 3.63) is 69.7 Å². The van der Waals surface area contributed by atoms with Gasteiger partial charge in [0, 0.05) is 6.20 Å². The van der Waals surface area contributed by atoms with E-state index in [0.717, 1.165) is 0 Å². The van der Waals surface area contributed by atoms with E-state index in [0.29, 0.717) is 32.7 Å². The minimum absolute atomic E-state index is 0.415. The first-order valence-corrected chi connectivity index (χ1v) is 7.34. The van der Waals surface area contributed by atoms with Crippen molar-refractivity contribution in [2.75, 3.05) is 0 Å². The Morgan fingerprint density at radius 1 is 1.13 bits per heavy atom. The summed E-state index contributed by atoms with van der Waals surface area (Å²) in [6.07, 6.45) is 6.82. The zero-order valence-corrected chi connectivity index (χ0v) is 13.2. The number of halogens is 2. The molecule has 3 aromatic rings. The predicted molar refractivity (Wildman–Crippen MR) is 89.3 cm³/mol. The third-order valence-electron chi connectivity index (χ3n) is 3.02. The van der Waals surface area contributed by atoms with Crippen LogP contribution in [0.15, 0.2) is 42.7 Å². The topological polar surface area (TPSA) is 67.4 Å². The molecule has 0 bridgehead atoms. The average molecular weight is 342 g/mol. The molecule has 0 aliphatic heterocycles. The van der Waals surface area contributed by atoms with Crippen molar-refractivity contribution in [3.63, 3.8) is 0 Å². The molecule has 2 heterocycles. The molecule has 0 aliphatic carbocycles. The lowest BCUT2D eigenvalue weighted by molar-refractivity contribution is 0.803. The van der Waals surface area contributed by atoms with E-state index in [1.165, 1.54) is 0 Å². The molecule has 5 nitrogen and oxygen atoms in total. The highest BCUT2D eigenvalue weighted by Gasteiger charge is 2.08. The summed E-state index contributed by atoms with van der Waals surface area (Å²) in [7, 11) is 0. The molecule has 0 saturated heterocycles. The molecule has 0 unspecified atom stereocenters. The molecule has 0 N–H and O–H groups in total. The number of benzene rings is 1. The highest BCUT2D eigenvalue weighted by Crippen LogP contribution is 2.27. The molecule has 0 atom stereocenters. The Hall–Kier alpha value is -2.68. The average Bonchev–Trinajstić information content (AvgIpc) is 3.04. The zero-order chi connectivity index (χ0) is 16.2. The summed E-state index contributed by atoms with van der Waals surface area (Å²) in [4.78, 5) is 4.16. The first-order chi connectivity index (χ1) is 11.2. The molecule has 112 valence electrons. The highest BCUT2D eigenvalue weighted by atomic mass is 35.5. The summed E-state index contributed by atoms with van der Waals surface area (Å²) in [5.74, 6) is 0. The summed E-state index contributed by atoms with van der Waals surface area (Å²) >= 11 is 12.2. The molecule has 2 aromatic heterocycles. The van der Waals surface area contributed by atoms with Gasteiger partial charge in [-0.2, -0.15) is 5.26 Å². The number of nitriles is 1. The van der Waals surface area contributed by atoms with Gasteiger partial charge in [0.2, 0.25) is 0 Å². The van der Waals surface area contributed by atoms with Gasteiger partial charge in [-0.25, -0.2) is 4.68 Å². The molecule has 0 amide bonds. The van der Waals surface area contributed by atoms with Crippen LogP contribution in [0.4, 0.5) is 0 Å². The quantitative estimate of drug-likeness (QED) is 0.721. The second-order valence-corrected chi connectivity index (χ2v) is 5.36. The number of hydrogen-bond donors (Lipinski definition) is 0. The maximum Gasteiger partial charge on any atom is 0.106 e. The van der Waals surface area contributed by atoms with Gasteiger partial charge in [0.1, 0.15) is 5.69 Å². The van der Waals surface area contributed by atoms with Crippen molar-refractivity contribution in [1.82, 2.24) is 20.0 Å². The molecular weight excluding hydrogens is 333 g/mol. The number of nitrogens with zero attached hydrogens (tertiary/aromatic N) is 5. The fourth-order valence-corrected chi connectivity index (χ4v) is 2.30. The Bertz CT molecular complexity index is 924. The van der Waals surface area contributed by atoms with Gasteiger partial charge in [0.15, 0.2) is 0 Å². The van der Waals surface area contributed by atoms with Gasteiger partial charge in [0.25, 0.3) is 0 Å². The molecule has 0 saturated carbocycles. The molecule has 7 heteroatoms. The Morgan fingerprint density at radius 2 is 1.96 bits per heavy atom. The molecule has 0 spiro atoms. The standard InChI is InChI=1S/C16H9Cl2N5/c17-14-2-1-3-15(16(14)18)23-10-13(21-22-23)5-4-12-8-11(9-19)6-7-20-12/h1-8,10H/b5-4+. The van der Waals surface area contributed by atoms with Gasteiger partial charge in [-0.3, -0.25) is 4.98 Å². The SMILES string of the molecule is N#Cc1ccnc(/C=C/c2cn(-c3cccc(Cl)c3Cl)nn2)c1. The maximum absolute atomic E-state index is 8.87. The molecule has 0 fully saturated rings. The van der Waals surface area contributed by atoms with Crippen molar-refractivity contribution in [3.8, 4) is 11.8 Å². The van der Waals surface area contributed by atoms with Gasteiger partial charge >= 0.3 is 0 Å². The van der Waals surface area contributed by atoms with Gasteiger partial charge in [-0.1, -0.05) is 34.5 Å². The van der Waals surface area contributed by atoms with E-state index in [1.807, 2.05) is 0 Å². The molecule has 23 heavy (non-hydrogen) atoms. The maximum atomic E-state index is 8.87. The third-order valence-corrected chi connectivity index (χ3v) is 3.83. The van der Waals surface area contributed by atoms with Crippen LogP contribution in [0.3, 0.4) is 0 Å². The minimum atomic E-state index is 0.415. The number of hydrogen-bond acceptors (Lipinski definition) is 4. The van der Waals surface area contributed by atoms with Crippen molar-refractivity contribution >= 4 is 35.4 Å². The summed E-state index contributed by atoms with van der Waals surface area (Å²) in [5, 5.41) is 17.8. The number of pyridine rings is 1. The summed E-state index contributed by atoms with van der Waals surface area (Å²) in [5.41, 5.74) is 2.49.